The number of amides is 1. The fourth-order valence-corrected chi connectivity index (χ4v) is 1.21. The maximum Gasteiger partial charge on any atom is 0.339 e. The van der Waals surface area contributed by atoms with Crippen LogP contribution >= 0.6 is 0 Å². The van der Waals surface area contributed by atoms with E-state index in [2.05, 4.69) is 5.32 Å². The first-order valence-electron chi connectivity index (χ1n) is 5.08. The number of carbonyl (C=O) groups excluding carboxylic acids is 1. The van der Waals surface area contributed by atoms with Crippen LogP contribution in [0.1, 0.15) is 23.7 Å². The molecule has 0 aliphatic heterocycles. The van der Waals surface area contributed by atoms with Crippen LogP contribution in [0, 0.1) is 0 Å². The molecular weight excluding hydrogens is 224 g/mol. The van der Waals surface area contributed by atoms with E-state index in [9.17, 15) is 14.7 Å². The van der Waals surface area contributed by atoms with Crippen LogP contribution in [-0.2, 0) is 4.79 Å². The first kappa shape index (κ1) is 13.0. The Bertz CT molecular complexity index is 445. The van der Waals surface area contributed by atoms with Crippen LogP contribution in [0.3, 0.4) is 0 Å². The van der Waals surface area contributed by atoms with Gasteiger partial charge < -0.3 is 21.3 Å². The van der Waals surface area contributed by atoms with Gasteiger partial charge in [-0.25, -0.2) is 4.79 Å². The van der Waals surface area contributed by atoms with Crippen molar-refractivity contribution in [2.75, 3.05) is 5.32 Å². The zero-order valence-corrected chi connectivity index (χ0v) is 9.30. The lowest BCUT2D eigenvalue weighted by atomic mass is 10.1. The second-order valence-electron chi connectivity index (χ2n) is 3.54. The molecule has 1 aromatic carbocycles. The highest BCUT2D eigenvalue weighted by Crippen LogP contribution is 2.21. The third-order valence-corrected chi connectivity index (χ3v) is 2.27. The summed E-state index contributed by atoms with van der Waals surface area (Å²) in [6.07, 6.45) is 0.491. The van der Waals surface area contributed by atoms with Crippen molar-refractivity contribution in [2.24, 2.45) is 5.73 Å². The first-order chi connectivity index (χ1) is 7.95. The maximum atomic E-state index is 11.4. The zero-order valence-electron chi connectivity index (χ0n) is 9.30. The molecule has 0 aromatic heterocycles. The number of benzene rings is 1. The molecule has 1 atom stereocenters. The molecule has 1 aromatic rings. The molecule has 1 amide bonds. The highest BCUT2D eigenvalue weighted by molar-refractivity contribution is 5.96. The minimum absolute atomic E-state index is 0.220. The van der Waals surface area contributed by atoms with E-state index in [1.807, 2.05) is 0 Å². The molecule has 0 spiro atoms. The van der Waals surface area contributed by atoms with Crippen molar-refractivity contribution in [3.8, 4) is 5.75 Å². The van der Waals surface area contributed by atoms with E-state index in [4.69, 9.17) is 10.8 Å². The zero-order chi connectivity index (χ0) is 13.0. The van der Waals surface area contributed by atoms with Gasteiger partial charge in [-0.05, 0) is 18.6 Å². The van der Waals surface area contributed by atoms with Crippen LogP contribution in [0.4, 0.5) is 5.69 Å². The number of rotatable bonds is 4. The Hall–Kier alpha value is -2.08. The van der Waals surface area contributed by atoms with Crippen molar-refractivity contribution in [2.45, 2.75) is 19.4 Å². The molecule has 5 N–H and O–H groups in total. The van der Waals surface area contributed by atoms with Crippen LogP contribution in [0.2, 0.25) is 0 Å². The fourth-order valence-electron chi connectivity index (χ4n) is 1.21. The summed E-state index contributed by atoms with van der Waals surface area (Å²) < 4.78 is 0. The Morgan fingerprint density at radius 3 is 2.59 bits per heavy atom. The molecule has 0 radical (unpaired) electrons. The highest BCUT2D eigenvalue weighted by Gasteiger charge is 2.13. The fraction of sp³-hybridized carbons (Fsp3) is 0.273. The molecule has 6 heteroatoms. The van der Waals surface area contributed by atoms with E-state index >= 15 is 0 Å². The summed E-state index contributed by atoms with van der Waals surface area (Å²) in [5.41, 5.74) is 5.60. The average molecular weight is 238 g/mol. The molecule has 1 rings (SSSR count). The van der Waals surface area contributed by atoms with E-state index < -0.39 is 17.8 Å². The van der Waals surface area contributed by atoms with Gasteiger partial charge in [0.2, 0.25) is 5.91 Å². The number of hydrogen-bond donors (Lipinski definition) is 4. The quantitative estimate of drug-likeness (QED) is 0.618. The molecule has 0 fully saturated rings. The predicted octanol–water partition coefficient (Wildman–Crippen LogP) is 0.766. The van der Waals surface area contributed by atoms with Crippen molar-refractivity contribution < 1.29 is 19.8 Å². The van der Waals surface area contributed by atoms with Crippen molar-refractivity contribution in [1.29, 1.82) is 0 Å². The van der Waals surface area contributed by atoms with Crippen LogP contribution in [-0.4, -0.2) is 28.1 Å². The average Bonchev–Trinajstić information content (AvgIpc) is 2.27. The van der Waals surface area contributed by atoms with Gasteiger partial charge in [0.25, 0.3) is 0 Å². The summed E-state index contributed by atoms with van der Waals surface area (Å²) in [4.78, 5) is 22.1. The second kappa shape index (κ2) is 5.31. The first-order valence-corrected chi connectivity index (χ1v) is 5.08. The number of carboxylic acids is 1. The van der Waals surface area contributed by atoms with Crippen LogP contribution in [0.5, 0.6) is 5.75 Å². The van der Waals surface area contributed by atoms with E-state index in [0.717, 1.165) is 0 Å². The number of carboxylic acid groups (broad SMARTS) is 1. The Kier molecular flexibility index (Phi) is 4.06. The number of hydrogen-bond acceptors (Lipinski definition) is 4. The van der Waals surface area contributed by atoms with Crippen molar-refractivity contribution in [3.05, 3.63) is 23.8 Å². The SMILES string of the molecule is CCC(N)C(=O)Nc1ccc(C(=O)O)c(O)c1. The Labute approximate surface area is 98.1 Å². The topological polar surface area (TPSA) is 113 Å². The minimum Gasteiger partial charge on any atom is -0.507 e. The summed E-state index contributed by atoms with van der Waals surface area (Å²) in [6, 6.07) is 3.15. The lowest BCUT2D eigenvalue weighted by molar-refractivity contribution is -0.117. The van der Waals surface area contributed by atoms with Gasteiger partial charge in [-0.2, -0.15) is 0 Å². The summed E-state index contributed by atoms with van der Waals surface area (Å²) in [7, 11) is 0. The third-order valence-electron chi connectivity index (χ3n) is 2.27. The van der Waals surface area contributed by atoms with Gasteiger partial charge in [0.1, 0.15) is 11.3 Å². The molecule has 0 aliphatic carbocycles. The second-order valence-corrected chi connectivity index (χ2v) is 3.54. The number of nitrogens with one attached hydrogen (secondary N) is 1. The third kappa shape index (κ3) is 3.18. The molecule has 0 bridgehead atoms. The lowest BCUT2D eigenvalue weighted by Gasteiger charge is -2.10. The smallest absolute Gasteiger partial charge is 0.339 e. The van der Waals surface area contributed by atoms with E-state index in [1.165, 1.54) is 18.2 Å². The van der Waals surface area contributed by atoms with Gasteiger partial charge in [-0.3, -0.25) is 4.79 Å². The van der Waals surface area contributed by atoms with E-state index in [-0.39, 0.29) is 11.5 Å². The monoisotopic (exact) mass is 238 g/mol. The summed E-state index contributed by atoms with van der Waals surface area (Å²) in [5.74, 6) is -2.01. The highest BCUT2D eigenvalue weighted by atomic mass is 16.4. The number of aromatic hydroxyl groups is 1. The number of phenols is 1. The van der Waals surface area contributed by atoms with Gasteiger partial charge in [0, 0.05) is 11.8 Å². The molecule has 92 valence electrons. The molecule has 17 heavy (non-hydrogen) atoms. The number of anilines is 1. The standard InChI is InChI=1S/C11H14N2O4/c1-2-8(12)10(15)13-6-3-4-7(11(16)17)9(14)5-6/h3-5,8,14H,2,12H2,1H3,(H,13,15)(H,16,17). The molecular formula is C11H14N2O4. The van der Waals surface area contributed by atoms with E-state index in [0.29, 0.717) is 12.1 Å². The predicted molar refractivity (Wildman–Crippen MR) is 62.0 cm³/mol. The van der Waals surface area contributed by atoms with Crippen LogP contribution in [0.25, 0.3) is 0 Å². The maximum absolute atomic E-state index is 11.4. The van der Waals surface area contributed by atoms with Crippen LogP contribution in [0.15, 0.2) is 18.2 Å². The Morgan fingerprint density at radius 2 is 2.12 bits per heavy atom. The van der Waals surface area contributed by atoms with Gasteiger partial charge in [0.15, 0.2) is 0 Å². The molecule has 0 saturated heterocycles. The number of nitrogens with two attached hydrogens (primary N) is 1. The Balaban J connectivity index is 2.84. The van der Waals surface area contributed by atoms with Crippen molar-refractivity contribution in [1.82, 2.24) is 0 Å². The summed E-state index contributed by atoms with van der Waals surface area (Å²) in [5, 5.41) is 20.6. The minimum atomic E-state index is -1.23. The molecule has 0 heterocycles. The molecule has 1 unspecified atom stereocenters. The number of carbonyl (C=O) groups is 2. The lowest BCUT2D eigenvalue weighted by Crippen LogP contribution is -2.34. The van der Waals surface area contributed by atoms with Gasteiger partial charge in [-0.15, -0.1) is 0 Å². The van der Waals surface area contributed by atoms with Crippen LogP contribution < -0.4 is 11.1 Å². The molecule has 0 aliphatic rings. The van der Waals surface area contributed by atoms with Crippen molar-refractivity contribution in [3.63, 3.8) is 0 Å². The van der Waals surface area contributed by atoms with Gasteiger partial charge in [0.05, 0.1) is 6.04 Å². The molecule has 6 nitrogen and oxygen atoms in total. The summed E-state index contributed by atoms with van der Waals surface area (Å²) >= 11 is 0. The van der Waals surface area contributed by atoms with Crippen molar-refractivity contribution >= 4 is 17.6 Å². The van der Waals surface area contributed by atoms with E-state index in [1.54, 1.807) is 6.92 Å². The van der Waals surface area contributed by atoms with Gasteiger partial charge >= 0.3 is 5.97 Å². The number of aromatic carboxylic acids is 1. The van der Waals surface area contributed by atoms with Gasteiger partial charge in [-0.1, -0.05) is 6.92 Å². The Morgan fingerprint density at radius 1 is 1.47 bits per heavy atom. The molecule has 0 saturated carbocycles. The largest absolute Gasteiger partial charge is 0.507 e. The summed E-state index contributed by atoms with van der Waals surface area (Å²) in [6.45, 7) is 1.77. The normalized spacial score (nSPS) is 11.9.